The fraction of sp³-hybridized carbons (Fsp3) is 0.147. The minimum absolute atomic E-state index is 0.247. The summed E-state index contributed by atoms with van der Waals surface area (Å²) in [5.74, 6) is -2.51. The van der Waals surface area contributed by atoms with Crippen molar-refractivity contribution in [3.63, 3.8) is 0 Å². The van der Waals surface area contributed by atoms with Gasteiger partial charge >= 0.3 is 0 Å². The largest absolute Gasteiger partial charge is 0.358 e. The van der Waals surface area contributed by atoms with E-state index in [1.165, 1.54) is 24.3 Å². The van der Waals surface area contributed by atoms with Gasteiger partial charge in [-0.25, -0.2) is 4.39 Å². The van der Waals surface area contributed by atoms with Crippen LogP contribution in [-0.4, -0.2) is 28.4 Å². The number of hydrogen-bond donors (Lipinski definition) is 1. The molecule has 0 saturated carbocycles. The number of carbonyl (C=O) groups is 3. The lowest BCUT2D eigenvalue weighted by Gasteiger charge is -2.38. The molecular weight excluding hydrogens is 503 g/mol. The number of ketones is 2. The van der Waals surface area contributed by atoms with Crippen molar-refractivity contribution in [2.45, 2.75) is 24.4 Å². The van der Waals surface area contributed by atoms with Crippen LogP contribution in [0.5, 0.6) is 0 Å². The quantitative estimate of drug-likeness (QED) is 0.324. The summed E-state index contributed by atoms with van der Waals surface area (Å²) >= 11 is 0. The Kier molecular flexibility index (Phi) is 5.36. The minimum atomic E-state index is -1.41. The number of Topliss-reactive ketones (excluding diaryl/α,β-unsaturated/α-hetero) is 2. The van der Waals surface area contributed by atoms with Crippen LogP contribution in [-0.2, 0) is 10.2 Å². The fourth-order valence-corrected chi connectivity index (χ4v) is 6.85. The number of amides is 1. The second-order valence-corrected chi connectivity index (χ2v) is 10.7. The standard InChI is InChI=1S/C34H25FN2O3/c1-20-10-12-23(13-11-20)31(39)29-28(30(38)22-14-16-24(35)17-15-22)34(26-8-4-5-9-27(26)36-33(34)40)32-25-7-3-2-6-21(25)18-19-37(29)32/h2-19,28-29,32H,1H3,(H,36,40)/t28-,29-,32+,34+/m0/s1. The molecule has 40 heavy (non-hydrogen) atoms. The summed E-state index contributed by atoms with van der Waals surface area (Å²) in [6.45, 7) is 1.94. The van der Waals surface area contributed by atoms with Gasteiger partial charge in [-0.1, -0.05) is 72.3 Å². The number of carbonyl (C=O) groups excluding carboxylic acids is 3. The van der Waals surface area contributed by atoms with E-state index in [-0.39, 0.29) is 23.0 Å². The summed E-state index contributed by atoms with van der Waals surface area (Å²) in [6, 6.07) is 26.2. The zero-order chi connectivity index (χ0) is 27.6. The van der Waals surface area contributed by atoms with E-state index in [9.17, 15) is 18.8 Å². The number of aryl methyl sites for hydroxylation is 1. The first-order chi connectivity index (χ1) is 19.4. The SMILES string of the molecule is Cc1ccc(C(=O)[C@@H]2[C@@H](C(=O)c3ccc(F)cc3)[C@@]3(C(=O)Nc4ccccc43)[C@H]3c4ccccc4C=CN23)cc1. The highest BCUT2D eigenvalue weighted by atomic mass is 19.1. The summed E-state index contributed by atoms with van der Waals surface area (Å²) in [5, 5.41) is 3.03. The highest BCUT2D eigenvalue weighted by Gasteiger charge is 2.70. The molecule has 3 aliphatic heterocycles. The van der Waals surface area contributed by atoms with Gasteiger partial charge in [0.05, 0.1) is 12.0 Å². The molecule has 6 heteroatoms. The number of para-hydroxylation sites is 1. The van der Waals surface area contributed by atoms with Gasteiger partial charge in [0.25, 0.3) is 0 Å². The zero-order valence-electron chi connectivity index (χ0n) is 21.7. The van der Waals surface area contributed by atoms with Crippen LogP contribution < -0.4 is 5.32 Å². The molecule has 4 atom stereocenters. The summed E-state index contributed by atoms with van der Waals surface area (Å²) in [6.07, 6.45) is 3.77. The summed E-state index contributed by atoms with van der Waals surface area (Å²) in [5.41, 5.74) is 3.41. The van der Waals surface area contributed by atoms with Crippen molar-refractivity contribution in [2.24, 2.45) is 5.92 Å². The Morgan fingerprint density at radius 1 is 0.825 bits per heavy atom. The van der Waals surface area contributed by atoms with E-state index in [1.54, 1.807) is 12.1 Å². The molecule has 0 radical (unpaired) electrons. The third-order valence-corrected chi connectivity index (χ3v) is 8.59. The molecule has 4 aromatic rings. The van der Waals surface area contributed by atoms with Gasteiger partial charge in [-0.05, 0) is 60.0 Å². The van der Waals surface area contributed by atoms with E-state index in [4.69, 9.17) is 0 Å². The average molecular weight is 529 g/mol. The molecule has 0 bridgehead atoms. The van der Waals surface area contributed by atoms with Crippen molar-refractivity contribution >= 4 is 29.2 Å². The van der Waals surface area contributed by atoms with Gasteiger partial charge in [0.15, 0.2) is 11.6 Å². The molecular formula is C34H25FN2O3. The maximum absolute atomic E-state index is 14.6. The molecule has 3 aliphatic rings. The Morgan fingerprint density at radius 3 is 2.25 bits per heavy atom. The summed E-state index contributed by atoms with van der Waals surface area (Å²) in [7, 11) is 0. The molecule has 1 spiro atoms. The molecule has 0 aromatic heterocycles. The van der Waals surface area contributed by atoms with E-state index < -0.39 is 29.2 Å². The predicted octanol–water partition coefficient (Wildman–Crippen LogP) is 6.12. The van der Waals surface area contributed by atoms with E-state index >= 15 is 0 Å². The molecule has 3 heterocycles. The van der Waals surface area contributed by atoms with Crippen molar-refractivity contribution in [2.75, 3.05) is 5.32 Å². The van der Waals surface area contributed by atoms with E-state index in [0.717, 1.165) is 16.7 Å². The predicted molar refractivity (Wildman–Crippen MR) is 150 cm³/mol. The number of anilines is 1. The lowest BCUT2D eigenvalue weighted by atomic mass is 9.62. The number of fused-ring (bicyclic) bond motifs is 6. The van der Waals surface area contributed by atoms with Crippen LogP contribution in [0.3, 0.4) is 0 Å². The number of rotatable bonds is 4. The molecule has 1 amide bonds. The van der Waals surface area contributed by atoms with Crippen LogP contribution in [0.1, 0.15) is 49.0 Å². The highest BCUT2D eigenvalue weighted by molar-refractivity contribution is 6.16. The number of hydrogen-bond acceptors (Lipinski definition) is 4. The molecule has 1 N–H and O–H groups in total. The maximum Gasteiger partial charge on any atom is 0.238 e. The summed E-state index contributed by atoms with van der Waals surface area (Å²) < 4.78 is 13.9. The van der Waals surface area contributed by atoms with Gasteiger partial charge in [-0.3, -0.25) is 14.4 Å². The smallest absolute Gasteiger partial charge is 0.238 e. The van der Waals surface area contributed by atoms with Crippen LogP contribution in [0, 0.1) is 18.7 Å². The van der Waals surface area contributed by atoms with Gasteiger partial charge in [-0.15, -0.1) is 0 Å². The third kappa shape index (κ3) is 3.29. The first-order valence-electron chi connectivity index (χ1n) is 13.3. The molecule has 1 fully saturated rings. The van der Waals surface area contributed by atoms with Crippen molar-refractivity contribution in [3.8, 4) is 0 Å². The van der Waals surface area contributed by atoms with Crippen molar-refractivity contribution < 1.29 is 18.8 Å². The number of halogens is 1. The Bertz CT molecular complexity index is 1730. The van der Waals surface area contributed by atoms with Crippen LogP contribution in [0.4, 0.5) is 10.1 Å². The molecule has 4 aromatic carbocycles. The lowest BCUT2D eigenvalue weighted by Crippen LogP contribution is -2.49. The van der Waals surface area contributed by atoms with Gasteiger partial charge in [0.1, 0.15) is 17.3 Å². The van der Waals surface area contributed by atoms with E-state index in [2.05, 4.69) is 5.32 Å². The topological polar surface area (TPSA) is 66.5 Å². The summed E-state index contributed by atoms with van der Waals surface area (Å²) in [4.78, 5) is 45.4. The molecule has 0 unspecified atom stereocenters. The van der Waals surface area contributed by atoms with Crippen LogP contribution in [0.15, 0.2) is 103 Å². The minimum Gasteiger partial charge on any atom is -0.358 e. The number of nitrogens with one attached hydrogen (secondary N) is 1. The highest BCUT2D eigenvalue weighted by Crippen LogP contribution is 2.62. The Hall–Kier alpha value is -4.84. The number of nitrogens with zero attached hydrogens (tertiary/aromatic N) is 1. The lowest BCUT2D eigenvalue weighted by molar-refractivity contribution is -0.122. The first-order valence-corrected chi connectivity index (χ1v) is 13.3. The van der Waals surface area contributed by atoms with Gasteiger partial charge in [-0.2, -0.15) is 0 Å². The molecule has 7 rings (SSSR count). The van der Waals surface area contributed by atoms with Crippen LogP contribution >= 0.6 is 0 Å². The first kappa shape index (κ1) is 24.2. The molecule has 196 valence electrons. The Labute approximate surface area is 231 Å². The second-order valence-electron chi connectivity index (χ2n) is 10.7. The normalized spacial score (nSPS) is 23.9. The van der Waals surface area contributed by atoms with Crippen LogP contribution in [0.2, 0.25) is 0 Å². The van der Waals surface area contributed by atoms with Crippen molar-refractivity contribution in [3.05, 3.63) is 142 Å². The second kappa shape index (κ2) is 8.85. The fourth-order valence-electron chi connectivity index (χ4n) is 6.85. The Morgan fingerprint density at radius 2 is 1.48 bits per heavy atom. The molecule has 5 nitrogen and oxygen atoms in total. The zero-order valence-corrected chi connectivity index (χ0v) is 21.7. The van der Waals surface area contributed by atoms with Gasteiger partial charge in [0.2, 0.25) is 5.91 Å². The monoisotopic (exact) mass is 528 g/mol. The van der Waals surface area contributed by atoms with E-state index in [0.29, 0.717) is 16.8 Å². The van der Waals surface area contributed by atoms with Crippen molar-refractivity contribution in [1.82, 2.24) is 4.90 Å². The van der Waals surface area contributed by atoms with Gasteiger partial charge < -0.3 is 10.2 Å². The molecule has 1 saturated heterocycles. The van der Waals surface area contributed by atoms with Crippen LogP contribution in [0.25, 0.3) is 6.08 Å². The average Bonchev–Trinajstić information content (AvgIpc) is 3.45. The van der Waals surface area contributed by atoms with E-state index in [1.807, 2.05) is 84.8 Å². The van der Waals surface area contributed by atoms with Gasteiger partial charge in [0, 0.05) is 23.0 Å². The maximum atomic E-state index is 14.6. The Balaban J connectivity index is 1.53. The third-order valence-electron chi connectivity index (χ3n) is 8.59. The number of benzene rings is 4. The molecule has 0 aliphatic carbocycles. The van der Waals surface area contributed by atoms with Crippen molar-refractivity contribution in [1.29, 1.82) is 0 Å².